The van der Waals surface area contributed by atoms with E-state index in [9.17, 15) is 13.2 Å². The molecule has 0 saturated carbocycles. The molecule has 1 aliphatic rings. The van der Waals surface area contributed by atoms with Crippen molar-refractivity contribution in [2.24, 2.45) is 15.7 Å². The summed E-state index contributed by atoms with van der Waals surface area (Å²) in [7, 11) is 0. The molecule has 0 saturated heterocycles. The standard InChI is InChI=1S/C10H8F3N3O/c11-10(12,13)17-7-4-2-1-3-6(7)9-15-5-8(14)16-9/h1-4H,5H2,(H2,14,15,16). The Balaban J connectivity index is 2.35. The Labute approximate surface area is 94.6 Å². The number of aliphatic imine (C=N–C) groups is 2. The number of halogens is 3. The molecule has 2 N–H and O–H groups in total. The van der Waals surface area contributed by atoms with E-state index in [4.69, 9.17) is 5.73 Å². The molecule has 1 aromatic carbocycles. The van der Waals surface area contributed by atoms with Gasteiger partial charge in [-0.2, -0.15) is 0 Å². The van der Waals surface area contributed by atoms with Crippen LogP contribution in [0.25, 0.3) is 0 Å². The molecule has 0 spiro atoms. The molecule has 0 unspecified atom stereocenters. The van der Waals surface area contributed by atoms with Crippen LogP contribution in [0.3, 0.4) is 0 Å². The number of para-hydroxylation sites is 1. The van der Waals surface area contributed by atoms with Crippen molar-refractivity contribution in [1.82, 2.24) is 0 Å². The quantitative estimate of drug-likeness (QED) is 0.859. The molecular weight excluding hydrogens is 235 g/mol. The van der Waals surface area contributed by atoms with Gasteiger partial charge in [-0.15, -0.1) is 13.2 Å². The second-order valence-corrected chi connectivity index (χ2v) is 3.29. The predicted octanol–water partition coefficient (Wildman–Crippen LogP) is 1.70. The summed E-state index contributed by atoms with van der Waals surface area (Å²) >= 11 is 0. The van der Waals surface area contributed by atoms with Gasteiger partial charge in [0, 0.05) is 0 Å². The SMILES string of the molecule is NC1=NC(c2ccccc2OC(F)(F)F)=NC1. The van der Waals surface area contributed by atoms with Crippen LogP contribution in [0.5, 0.6) is 5.75 Å². The highest BCUT2D eigenvalue weighted by molar-refractivity contribution is 6.11. The maximum absolute atomic E-state index is 12.2. The molecule has 0 aromatic heterocycles. The molecule has 0 fully saturated rings. The van der Waals surface area contributed by atoms with Gasteiger partial charge < -0.3 is 10.5 Å². The molecule has 0 bridgehead atoms. The van der Waals surface area contributed by atoms with Gasteiger partial charge in [-0.25, -0.2) is 4.99 Å². The third kappa shape index (κ3) is 2.74. The lowest BCUT2D eigenvalue weighted by atomic mass is 10.2. The van der Waals surface area contributed by atoms with Crippen LogP contribution in [0.15, 0.2) is 34.3 Å². The molecule has 17 heavy (non-hydrogen) atoms. The van der Waals surface area contributed by atoms with Crippen LogP contribution in [0.4, 0.5) is 13.2 Å². The van der Waals surface area contributed by atoms with Crippen molar-refractivity contribution in [3.63, 3.8) is 0 Å². The number of amidine groups is 2. The van der Waals surface area contributed by atoms with Gasteiger partial charge in [-0.05, 0) is 12.1 Å². The van der Waals surface area contributed by atoms with E-state index in [0.717, 1.165) is 0 Å². The van der Waals surface area contributed by atoms with Crippen molar-refractivity contribution in [1.29, 1.82) is 0 Å². The van der Waals surface area contributed by atoms with Gasteiger partial charge >= 0.3 is 6.36 Å². The number of hydrogen-bond donors (Lipinski definition) is 1. The fourth-order valence-corrected chi connectivity index (χ4v) is 1.37. The van der Waals surface area contributed by atoms with E-state index < -0.39 is 6.36 Å². The minimum atomic E-state index is -4.75. The Morgan fingerprint density at radius 1 is 1.24 bits per heavy atom. The van der Waals surface area contributed by atoms with Crippen molar-refractivity contribution in [2.75, 3.05) is 6.54 Å². The summed E-state index contributed by atoms with van der Waals surface area (Å²) in [5, 5.41) is 0. The highest BCUT2D eigenvalue weighted by Gasteiger charge is 2.32. The number of benzene rings is 1. The normalized spacial score (nSPS) is 15.5. The number of rotatable bonds is 2. The van der Waals surface area contributed by atoms with E-state index in [2.05, 4.69) is 14.7 Å². The van der Waals surface area contributed by atoms with Crippen LogP contribution < -0.4 is 10.5 Å². The molecule has 0 radical (unpaired) electrons. The zero-order chi connectivity index (χ0) is 12.5. The first kappa shape index (κ1) is 11.4. The Morgan fingerprint density at radius 2 is 1.94 bits per heavy atom. The van der Waals surface area contributed by atoms with Gasteiger partial charge in [0.2, 0.25) is 0 Å². The van der Waals surface area contributed by atoms with E-state index in [-0.39, 0.29) is 29.5 Å². The summed E-state index contributed by atoms with van der Waals surface area (Å²) in [6.07, 6.45) is -4.75. The number of hydrogen-bond acceptors (Lipinski definition) is 4. The number of alkyl halides is 3. The molecule has 0 atom stereocenters. The second-order valence-electron chi connectivity index (χ2n) is 3.29. The lowest BCUT2D eigenvalue weighted by molar-refractivity contribution is -0.274. The minimum absolute atomic E-state index is 0.155. The monoisotopic (exact) mass is 243 g/mol. The molecule has 0 aliphatic carbocycles. The van der Waals surface area contributed by atoms with Crippen molar-refractivity contribution in [3.8, 4) is 5.75 Å². The van der Waals surface area contributed by atoms with Crippen LogP contribution in [0.2, 0.25) is 0 Å². The first-order chi connectivity index (χ1) is 7.96. The van der Waals surface area contributed by atoms with Gasteiger partial charge in [0.05, 0.1) is 12.1 Å². The Bertz CT molecular complexity index is 494. The van der Waals surface area contributed by atoms with E-state index in [1.807, 2.05) is 0 Å². The van der Waals surface area contributed by atoms with E-state index in [1.165, 1.54) is 18.2 Å². The summed E-state index contributed by atoms with van der Waals surface area (Å²) in [6.45, 7) is 0.190. The zero-order valence-electron chi connectivity index (χ0n) is 8.53. The predicted molar refractivity (Wildman–Crippen MR) is 56.2 cm³/mol. The fourth-order valence-electron chi connectivity index (χ4n) is 1.37. The summed E-state index contributed by atoms with van der Waals surface area (Å²) in [5.41, 5.74) is 5.58. The van der Waals surface area contributed by atoms with Gasteiger partial charge in [0.25, 0.3) is 0 Å². The van der Waals surface area contributed by atoms with Gasteiger partial charge in [0.15, 0.2) is 5.84 Å². The first-order valence-electron chi connectivity index (χ1n) is 4.68. The van der Waals surface area contributed by atoms with E-state index >= 15 is 0 Å². The van der Waals surface area contributed by atoms with Gasteiger partial charge in [-0.1, -0.05) is 12.1 Å². The molecule has 1 aliphatic heterocycles. The molecular formula is C10H8F3N3O. The van der Waals surface area contributed by atoms with Crippen LogP contribution in [-0.2, 0) is 0 Å². The highest BCUT2D eigenvalue weighted by Crippen LogP contribution is 2.27. The van der Waals surface area contributed by atoms with Crippen LogP contribution >= 0.6 is 0 Å². The Kier molecular flexibility index (Phi) is 2.74. The molecule has 4 nitrogen and oxygen atoms in total. The lowest BCUT2D eigenvalue weighted by Crippen LogP contribution is -2.18. The third-order valence-corrected chi connectivity index (χ3v) is 1.99. The lowest BCUT2D eigenvalue weighted by Gasteiger charge is -2.11. The van der Waals surface area contributed by atoms with Crippen molar-refractivity contribution >= 4 is 11.7 Å². The van der Waals surface area contributed by atoms with Crippen LogP contribution in [0.1, 0.15) is 5.56 Å². The minimum Gasteiger partial charge on any atom is -0.405 e. The summed E-state index contributed by atoms with van der Waals surface area (Å²) in [5.74, 6) is 0.0846. The molecule has 2 rings (SSSR count). The van der Waals surface area contributed by atoms with Crippen molar-refractivity contribution in [3.05, 3.63) is 29.8 Å². The second kappa shape index (κ2) is 4.08. The first-order valence-corrected chi connectivity index (χ1v) is 4.68. The Morgan fingerprint density at radius 3 is 2.53 bits per heavy atom. The number of nitrogens with two attached hydrogens (primary N) is 1. The average molecular weight is 243 g/mol. The topological polar surface area (TPSA) is 60.0 Å². The smallest absolute Gasteiger partial charge is 0.405 e. The maximum Gasteiger partial charge on any atom is 0.573 e. The van der Waals surface area contributed by atoms with Gasteiger partial charge in [0.1, 0.15) is 11.6 Å². The van der Waals surface area contributed by atoms with Gasteiger partial charge in [-0.3, -0.25) is 4.99 Å². The average Bonchev–Trinajstić information content (AvgIpc) is 2.63. The highest BCUT2D eigenvalue weighted by atomic mass is 19.4. The zero-order valence-corrected chi connectivity index (χ0v) is 8.53. The fraction of sp³-hybridized carbons (Fsp3) is 0.200. The van der Waals surface area contributed by atoms with Crippen molar-refractivity contribution in [2.45, 2.75) is 6.36 Å². The van der Waals surface area contributed by atoms with Crippen LogP contribution in [-0.4, -0.2) is 24.6 Å². The van der Waals surface area contributed by atoms with Crippen LogP contribution in [0, 0.1) is 0 Å². The molecule has 1 aromatic rings. The molecule has 7 heteroatoms. The van der Waals surface area contributed by atoms with E-state index in [1.54, 1.807) is 6.07 Å². The molecule has 0 amide bonds. The third-order valence-electron chi connectivity index (χ3n) is 1.99. The molecule has 90 valence electrons. The largest absolute Gasteiger partial charge is 0.573 e. The maximum atomic E-state index is 12.2. The summed E-state index contributed by atoms with van der Waals surface area (Å²) in [6, 6.07) is 5.66. The Hall–Kier alpha value is -2.05. The van der Waals surface area contributed by atoms with Crippen molar-refractivity contribution < 1.29 is 17.9 Å². The summed E-state index contributed by atoms with van der Waals surface area (Å²) in [4.78, 5) is 7.76. The van der Waals surface area contributed by atoms with E-state index in [0.29, 0.717) is 0 Å². The molecule has 1 heterocycles. The summed E-state index contributed by atoms with van der Waals surface area (Å²) < 4.78 is 40.4. The number of ether oxygens (including phenoxy) is 1. The number of nitrogens with zero attached hydrogens (tertiary/aromatic N) is 2.